The summed E-state index contributed by atoms with van der Waals surface area (Å²) in [4.78, 5) is 26.8. The Bertz CT molecular complexity index is 952. The molecule has 6 nitrogen and oxygen atoms in total. The second-order valence-electron chi connectivity index (χ2n) is 6.59. The smallest absolute Gasteiger partial charge is 0.258 e. The topological polar surface area (TPSA) is 83.6 Å². The van der Waals surface area contributed by atoms with Gasteiger partial charge in [-0.3, -0.25) is 9.59 Å². The zero-order valence-electron chi connectivity index (χ0n) is 14.6. The monoisotopic (exact) mass is 372 g/mol. The van der Waals surface area contributed by atoms with Gasteiger partial charge in [-0.2, -0.15) is 0 Å². The van der Waals surface area contributed by atoms with Gasteiger partial charge in [0.1, 0.15) is 0 Å². The first-order valence-corrected chi connectivity index (χ1v) is 10.3. The number of benzene rings is 2. The minimum absolute atomic E-state index is 0.0660. The molecule has 136 valence electrons. The number of nitrogens with one attached hydrogen (secondary N) is 1. The van der Waals surface area contributed by atoms with Crippen LogP contribution in [-0.2, 0) is 20.4 Å². The third-order valence-corrected chi connectivity index (χ3v) is 5.09. The lowest BCUT2D eigenvalue weighted by atomic mass is 10.1. The lowest BCUT2D eigenvalue weighted by Crippen LogP contribution is -2.35. The molecule has 1 unspecified atom stereocenters. The number of carbonyl (C=O) groups is 2. The van der Waals surface area contributed by atoms with Crippen LogP contribution in [0.2, 0.25) is 0 Å². The van der Waals surface area contributed by atoms with Crippen molar-refractivity contribution in [1.29, 1.82) is 0 Å². The van der Waals surface area contributed by atoms with E-state index in [4.69, 9.17) is 0 Å². The van der Waals surface area contributed by atoms with E-state index in [1.807, 2.05) is 6.07 Å². The number of sulfone groups is 1. The van der Waals surface area contributed by atoms with Crippen molar-refractivity contribution in [3.8, 4) is 0 Å². The van der Waals surface area contributed by atoms with Gasteiger partial charge in [-0.05, 0) is 29.8 Å². The molecule has 1 aliphatic rings. The predicted molar refractivity (Wildman–Crippen MR) is 101 cm³/mol. The molecule has 0 spiro atoms. The Labute approximate surface area is 152 Å². The number of hydrogen-bond donors (Lipinski definition) is 1. The largest absolute Gasteiger partial charge is 0.324 e. The van der Waals surface area contributed by atoms with Gasteiger partial charge in [-0.15, -0.1) is 0 Å². The normalized spacial score (nSPS) is 17.2. The molecule has 0 bridgehead atoms. The van der Waals surface area contributed by atoms with Crippen molar-refractivity contribution < 1.29 is 18.0 Å². The van der Waals surface area contributed by atoms with Crippen LogP contribution in [-0.4, -0.2) is 33.0 Å². The number of para-hydroxylation sites is 2. The van der Waals surface area contributed by atoms with Crippen LogP contribution < -0.4 is 10.2 Å². The highest BCUT2D eigenvalue weighted by Crippen LogP contribution is 2.31. The van der Waals surface area contributed by atoms with E-state index in [0.717, 1.165) is 0 Å². The van der Waals surface area contributed by atoms with Gasteiger partial charge in [0.25, 0.3) is 5.91 Å². The maximum Gasteiger partial charge on any atom is 0.258 e. The summed E-state index contributed by atoms with van der Waals surface area (Å²) in [6, 6.07) is 13.7. The third kappa shape index (κ3) is 3.94. The molecular formula is C19H20N2O4S. The SMILES string of the molecule is CC1CN(C(=O)c2ccc(CS(C)(=O)=O)cc2)c2ccccc2NC1=O. The van der Waals surface area contributed by atoms with E-state index >= 15 is 0 Å². The Hall–Kier alpha value is -2.67. The van der Waals surface area contributed by atoms with Crippen LogP contribution in [0.1, 0.15) is 22.8 Å². The maximum atomic E-state index is 13.0. The second kappa shape index (κ2) is 6.92. The zero-order valence-corrected chi connectivity index (χ0v) is 15.4. The number of carbonyl (C=O) groups excluding carboxylic acids is 2. The molecule has 0 saturated carbocycles. The van der Waals surface area contributed by atoms with E-state index in [0.29, 0.717) is 22.5 Å². The molecule has 0 aliphatic carbocycles. The van der Waals surface area contributed by atoms with Gasteiger partial charge in [0.2, 0.25) is 5.91 Å². The van der Waals surface area contributed by atoms with Gasteiger partial charge in [0.15, 0.2) is 9.84 Å². The molecule has 26 heavy (non-hydrogen) atoms. The van der Waals surface area contributed by atoms with Crippen LogP contribution in [0, 0.1) is 5.92 Å². The standard InChI is InChI=1S/C19H20N2O4S/c1-13-11-21(17-6-4-3-5-16(17)20-18(13)22)19(23)15-9-7-14(8-10-15)12-26(2,24)25/h3-10,13H,11-12H2,1-2H3,(H,20,22). The first-order chi connectivity index (χ1) is 12.2. The van der Waals surface area contributed by atoms with Crippen molar-refractivity contribution in [1.82, 2.24) is 0 Å². The first kappa shape index (κ1) is 18.1. The van der Waals surface area contributed by atoms with Crippen molar-refractivity contribution >= 4 is 33.0 Å². The molecule has 2 aromatic carbocycles. The fourth-order valence-electron chi connectivity index (χ4n) is 2.92. The average Bonchev–Trinajstić information content (AvgIpc) is 2.70. The third-order valence-electron chi connectivity index (χ3n) is 4.23. The van der Waals surface area contributed by atoms with Crippen LogP contribution in [0.25, 0.3) is 0 Å². The fraction of sp³-hybridized carbons (Fsp3) is 0.263. The Kier molecular flexibility index (Phi) is 4.82. The highest BCUT2D eigenvalue weighted by Gasteiger charge is 2.29. The summed E-state index contributed by atoms with van der Waals surface area (Å²) in [6.07, 6.45) is 1.17. The summed E-state index contributed by atoms with van der Waals surface area (Å²) in [5.74, 6) is -0.775. The number of hydrogen-bond acceptors (Lipinski definition) is 4. The second-order valence-corrected chi connectivity index (χ2v) is 8.73. The van der Waals surface area contributed by atoms with Crippen LogP contribution in [0.5, 0.6) is 0 Å². The molecule has 1 N–H and O–H groups in total. The van der Waals surface area contributed by atoms with Crippen molar-refractivity contribution in [3.63, 3.8) is 0 Å². The van der Waals surface area contributed by atoms with Crippen molar-refractivity contribution in [3.05, 3.63) is 59.7 Å². The van der Waals surface area contributed by atoms with E-state index in [1.54, 1.807) is 54.3 Å². The van der Waals surface area contributed by atoms with Crippen molar-refractivity contribution in [2.45, 2.75) is 12.7 Å². The van der Waals surface area contributed by atoms with Gasteiger partial charge in [0.05, 0.1) is 23.0 Å². The molecule has 1 heterocycles. The molecular weight excluding hydrogens is 352 g/mol. The molecule has 3 rings (SSSR count). The maximum absolute atomic E-state index is 13.0. The Balaban J connectivity index is 1.92. The Morgan fingerprint density at radius 1 is 1.15 bits per heavy atom. The highest BCUT2D eigenvalue weighted by molar-refractivity contribution is 7.89. The number of nitrogens with zero attached hydrogens (tertiary/aromatic N) is 1. The number of fused-ring (bicyclic) bond motifs is 1. The number of amides is 2. The molecule has 0 fully saturated rings. The van der Waals surface area contributed by atoms with Crippen LogP contribution >= 0.6 is 0 Å². The molecule has 0 radical (unpaired) electrons. The van der Waals surface area contributed by atoms with E-state index in [2.05, 4.69) is 5.32 Å². The van der Waals surface area contributed by atoms with Gasteiger partial charge in [-0.25, -0.2) is 8.42 Å². The first-order valence-electron chi connectivity index (χ1n) is 8.23. The summed E-state index contributed by atoms with van der Waals surface area (Å²) < 4.78 is 22.8. The summed E-state index contributed by atoms with van der Waals surface area (Å²) in [6.45, 7) is 2.05. The number of anilines is 2. The lowest BCUT2D eigenvalue weighted by molar-refractivity contribution is -0.119. The molecule has 7 heteroatoms. The van der Waals surface area contributed by atoms with Crippen molar-refractivity contribution in [2.24, 2.45) is 5.92 Å². The summed E-state index contributed by atoms with van der Waals surface area (Å²) in [5, 5.41) is 2.84. The Morgan fingerprint density at radius 2 is 1.81 bits per heavy atom. The molecule has 2 aromatic rings. The van der Waals surface area contributed by atoms with E-state index in [9.17, 15) is 18.0 Å². The average molecular weight is 372 g/mol. The molecule has 2 amide bonds. The predicted octanol–water partition coefficient (Wildman–Crippen LogP) is 2.47. The zero-order chi connectivity index (χ0) is 18.9. The minimum atomic E-state index is -3.13. The van der Waals surface area contributed by atoms with Gasteiger partial charge in [0, 0.05) is 18.4 Å². The lowest BCUT2D eigenvalue weighted by Gasteiger charge is -2.23. The molecule has 1 atom stereocenters. The summed E-state index contributed by atoms with van der Waals surface area (Å²) in [5.41, 5.74) is 2.32. The molecule has 0 saturated heterocycles. The van der Waals surface area contributed by atoms with Crippen LogP contribution in [0.3, 0.4) is 0 Å². The molecule has 1 aliphatic heterocycles. The van der Waals surface area contributed by atoms with Crippen LogP contribution in [0.15, 0.2) is 48.5 Å². The van der Waals surface area contributed by atoms with E-state index in [1.165, 1.54) is 6.26 Å². The Morgan fingerprint density at radius 3 is 2.46 bits per heavy atom. The minimum Gasteiger partial charge on any atom is -0.324 e. The van der Waals surface area contributed by atoms with Gasteiger partial charge >= 0.3 is 0 Å². The quantitative estimate of drug-likeness (QED) is 0.897. The van der Waals surface area contributed by atoms with Crippen molar-refractivity contribution in [2.75, 3.05) is 23.0 Å². The van der Waals surface area contributed by atoms with E-state index < -0.39 is 9.84 Å². The van der Waals surface area contributed by atoms with Gasteiger partial charge < -0.3 is 10.2 Å². The highest BCUT2D eigenvalue weighted by atomic mass is 32.2. The number of rotatable bonds is 3. The summed E-state index contributed by atoms with van der Waals surface area (Å²) in [7, 11) is -3.13. The molecule has 0 aromatic heterocycles. The summed E-state index contributed by atoms with van der Waals surface area (Å²) >= 11 is 0. The van der Waals surface area contributed by atoms with Gasteiger partial charge in [-0.1, -0.05) is 31.2 Å². The fourth-order valence-corrected chi connectivity index (χ4v) is 3.72. The van der Waals surface area contributed by atoms with E-state index in [-0.39, 0.29) is 30.0 Å². The van der Waals surface area contributed by atoms with Crippen LogP contribution in [0.4, 0.5) is 11.4 Å².